The van der Waals surface area contributed by atoms with Crippen molar-refractivity contribution in [1.29, 1.82) is 0 Å². The van der Waals surface area contributed by atoms with Gasteiger partial charge in [0.2, 0.25) is 5.91 Å². The Bertz CT molecular complexity index is 1110. The maximum atomic E-state index is 13.1. The molecular formula is C23H23ClN4O2. The van der Waals surface area contributed by atoms with Gasteiger partial charge in [0.1, 0.15) is 5.82 Å². The van der Waals surface area contributed by atoms with Crippen LogP contribution in [0.2, 0.25) is 5.02 Å². The molecule has 2 aromatic heterocycles. The van der Waals surface area contributed by atoms with Crippen molar-refractivity contribution in [1.82, 2.24) is 14.9 Å². The first kappa shape index (κ1) is 20.3. The molecule has 1 aliphatic heterocycles. The van der Waals surface area contributed by atoms with E-state index < -0.39 is 0 Å². The number of likely N-dealkylation sites (tertiary alicyclic amines) is 1. The van der Waals surface area contributed by atoms with Crippen LogP contribution in [0, 0.1) is 19.8 Å². The number of pyridine rings is 2. The first-order valence-corrected chi connectivity index (χ1v) is 10.4. The molecule has 1 aromatic carbocycles. The summed E-state index contributed by atoms with van der Waals surface area (Å²) in [5.74, 6) is 0.235. The van der Waals surface area contributed by atoms with Crippen LogP contribution in [0.1, 0.15) is 34.5 Å². The van der Waals surface area contributed by atoms with E-state index >= 15 is 0 Å². The monoisotopic (exact) mass is 422 g/mol. The maximum absolute atomic E-state index is 13.1. The van der Waals surface area contributed by atoms with Gasteiger partial charge in [0, 0.05) is 30.6 Å². The lowest BCUT2D eigenvalue weighted by atomic mass is 9.95. The number of nitrogens with zero attached hydrogens (tertiary/aromatic N) is 3. The van der Waals surface area contributed by atoms with Gasteiger partial charge in [-0.05, 0) is 57.0 Å². The largest absolute Gasteiger partial charge is 0.339 e. The van der Waals surface area contributed by atoms with E-state index in [-0.39, 0.29) is 17.7 Å². The summed E-state index contributed by atoms with van der Waals surface area (Å²) in [7, 11) is 0. The number of nitrogens with one attached hydrogen (secondary N) is 1. The van der Waals surface area contributed by atoms with Crippen molar-refractivity contribution in [2.75, 3.05) is 18.4 Å². The highest BCUT2D eigenvalue weighted by Gasteiger charge is 2.29. The number of carbonyl (C=O) groups is 2. The van der Waals surface area contributed by atoms with Gasteiger partial charge < -0.3 is 10.2 Å². The molecular weight excluding hydrogens is 400 g/mol. The van der Waals surface area contributed by atoms with E-state index in [4.69, 9.17) is 11.6 Å². The standard InChI is InChI=1S/C23H23ClN4O2/c1-14-3-5-20-17(11-14)12-19(15(2)26-20)23(30)28-9-7-16(8-10-28)22(29)27-21-6-4-18(24)13-25-21/h3-6,11-13,16H,7-10H2,1-2H3,(H,25,27,29). The Morgan fingerprint density at radius 3 is 2.57 bits per heavy atom. The minimum Gasteiger partial charge on any atom is -0.339 e. The van der Waals surface area contributed by atoms with E-state index in [1.54, 1.807) is 12.1 Å². The minimum absolute atomic E-state index is 0.0263. The third-order valence-electron chi connectivity index (χ3n) is 5.52. The van der Waals surface area contributed by atoms with Crippen LogP contribution in [0.3, 0.4) is 0 Å². The summed E-state index contributed by atoms with van der Waals surface area (Å²) in [6.07, 6.45) is 2.73. The van der Waals surface area contributed by atoms with Crippen LogP contribution in [0.5, 0.6) is 0 Å². The smallest absolute Gasteiger partial charge is 0.255 e. The first-order valence-electron chi connectivity index (χ1n) is 10.0. The molecule has 154 valence electrons. The van der Waals surface area contributed by atoms with E-state index in [0.717, 1.165) is 22.2 Å². The van der Waals surface area contributed by atoms with Crippen molar-refractivity contribution < 1.29 is 9.59 Å². The van der Waals surface area contributed by atoms with Crippen molar-refractivity contribution in [2.45, 2.75) is 26.7 Å². The van der Waals surface area contributed by atoms with Crippen LogP contribution in [-0.4, -0.2) is 39.8 Å². The second-order valence-electron chi connectivity index (χ2n) is 7.73. The quantitative estimate of drug-likeness (QED) is 0.679. The molecule has 2 amide bonds. The molecule has 1 N–H and O–H groups in total. The maximum Gasteiger partial charge on any atom is 0.255 e. The number of piperidine rings is 1. The van der Waals surface area contributed by atoms with Crippen LogP contribution >= 0.6 is 11.6 Å². The average molecular weight is 423 g/mol. The number of fused-ring (bicyclic) bond motifs is 1. The first-order chi connectivity index (χ1) is 14.4. The van der Waals surface area contributed by atoms with Crippen LogP contribution in [0.4, 0.5) is 5.82 Å². The second-order valence-corrected chi connectivity index (χ2v) is 8.17. The van der Waals surface area contributed by atoms with Gasteiger partial charge in [-0.3, -0.25) is 14.6 Å². The molecule has 0 bridgehead atoms. The molecule has 1 saturated heterocycles. The molecule has 1 aliphatic rings. The van der Waals surface area contributed by atoms with Crippen LogP contribution in [-0.2, 0) is 4.79 Å². The number of anilines is 1. The number of aryl methyl sites for hydroxylation is 2. The molecule has 3 aromatic rings. The summed E-state index contributed by atoms with van der Waals surface area (Å²) >= 11 is 5.83. The summed E-state index contributed by atoms with van der Waals surface area (Å²) < 4.78 is 0. The van der Waals surface area contributed by atoms with Gasteiger partial charge in [-0.2, -0.15) is 0 Å². The van der Waals surface area contributed by atoms with Crippen LogP contribution in [0.25, 0.3) is 10.9 Å². The fraction of sp³-hybridized carbons (Fsp3) is 0.304. The number of rotatable bonds is 3. The van der Waals surface area contributed by atoms with Gasteiger partial charge in [0.05, 0.1) is 21.8 Å². The van der Waals surface area contributed by atoms with Crippen molar-refractivity contribution in [2.24, 2.45) is 5.92 Å². The van der Waals surface area contributed by atoms with E-state index in [2.05, 4.69) is 15.3 Å². The molecule has 4 rings (SSSR count). The highest BCUT2D eigenvalue weighted by molar-refractivity contribution is 6.30. The number of carbonyl (C=O) groups excluding carboxylic acids is 2. The Kier molecular flexibility index (Phi) is 5.68. The number of halogens is 1. The number of hydrogen-bond acceptors (Lipinski definition) is 4. The molecule has 6 nitrogen and oxygen atoms in total. The number of hydrogen-bond donors (Lipinski definition) is 1. The predicted octanol–water partition coefficient (Wildman–Crippen LogP) is 4.39. The van der Waals surface area contributed by atoms with Gasteiger partial charge in [-0.25, -0.2) is 4.98 Å². The summed E-state index contributed by atoms with van der Waals surface area (Å²) in [6.45, 7) is 4.97. The summed E-state index contributed by atoms with van der Waals surface area (Å²) in [5.41, 5.74) is 3.38. The number of aromatic nitrogens is 2. The van der Waals surface area contributed by atoms with Crippen LogP contribution < -0.4 is 5.32 Å². The van der Waals surface area contributed by atoms with Gasteiger partial charge in [-0.1, -0.05) is 23.2 Å². The Balaban J connectivity index is 1.41. The van der Waals surface area contributed by atoms with E-state index in [9.17, 15) is 9.59 Å². The average Bonchev–Trinajstić information content (AvgIpc) is 2.75. The van der Waals surface area contributed by atoms with Gasteiger partial charge in [-0.15, -0.1) is 0 Å². The molecule has 3 heterocycles. The topological polar surface area (TPSA) is 75.2 Å². The summed E-state index contributed by atoms with van der Waals surface area (Å²) in [5, 5.41) is 4.32. The minimum atomic E-state index is -0.148. The predicted molar refractivity (Wildman–Crippen MR) is 118 cm³/mol. The Morgan fingerprint density at radius 2 is 1.87 bits per heavy atom. The van der Waals surface area contributed by atoms with Gasteiger partial charge in [0.15, 0.2) is 0 Å². The molecule has 0 atom stereocenters. The van der Waals surface area contributed by atoms with Crippen LogP contribution in [0.15, 0.2) is 42.6 Å². The molecule has 7 heteroatoms. The molecule has 0 saturated carbocycles. The molecule has 0 spiro atoms. The van der Waals surface area contributed by atoms with Crippen molar-refractivity contribution in [3.8, 4) is 0 Å². The lowest BCUT2D eigenvalue weighted by Crippen LogP contribution is -2.41. The fourth-order valence-corrected chi connectivity index (χ4v) is 3.91. The van der Waals surface area contributed by atoms with Crippen molar-refractivity contribution >= 4 is 40.1 Å². The zero-order chi connectivity index (χ0) is 21.3. The third-order valence-corrected chi connectivity index (χ3v) is 5.75. The zero-order valence-corrected chi connectivity index (χ0v) is 17.7. The Hall–Kier alpha value is -2.99. The van der Waals surface area contributed by atoms with Crippen molar-refractivity contribution in [3.05, 3.63) is 64.4 Å². The fourth-order valence-electron chi connectivity index (χ4n) is 3.80. The van der Waals surface area contributed by atoms with Gasteiger partial charge >= 0.3 is 0 Å². The number of benzene rings is 1. The Morgan fingerprint density at radius 1 is 1.10 bits per heavy atom. The van der Waals surface area contributed by atoms with E-state index in [1.165, 1.54) is 6.20 Å². The SMILES string of the molecule is Cc1ccc2nc(C)c(C(=O)N3CCC(C(=O)Nc4ccc(Cl)cn4)CC3)cc2c1. The normalized spacial score (nSPS) is 14.7. The van der Waals surface area contributed by atoms with Crippen molar-refractivity contribution in [3.63, 3.8) is 0 Å². The summed E-state index contributed by atoms with van der Waals surface area (Å²) in [6, 6.07) is 11.3. The van der Waals surface area contributed by atoms with E-state index in [0.29, 0.717) is 42.3 Å². The highest BCUT2D eigenvalue weighted by atomic mass is 35.5. The molecule has 0 aliphatic carbocycles. The number of amides is 2. The Labute approximate surface area is 180 Å². The molecule has 0 radical (unpaired) electrons. The molecule has 30 heavy (non-hydrogen) atoms. The van der Waals surface area contributed by atoms with E-state index in [1.807, 2.05) is 43.0 Å². The lowest BCUT2D eigenvalue weighted by Gasteiger charge is -2.31. The summed E-state index contributed by atoms with van der Waals surface area (Å²) in [4.78, 5) is 36.2. The lowest BCUT2D eigenvalue weighted by molar-refractivity contribution is -0.121. The highest BCUT2D eigenvalue weighted by Crippen LogP contribution is 2.24. The molecule has 0 unspecified atom stereocenters. The second kappa shape index (κ2) is 8.40. The third kappa shape index (κ3) is 4.28. The zero-order valence-electron chi connectivity index (χ0n) is 17.0. The molecule has 1 fully saturated rings. The van der Waals surface area contributed by atoms with Gasteiger partial charge in [0.25, 0.3) is 5.91 Å².